The van der Waals surface area contributed by atoms with Crippen molar-refractivity contribution in [3.8, 4) is 5.75 Å². The van der Waals surface area contributed by atoms with Crippen LogP contribution in [0.15, 0.2) is 24.3 Å². The maximum Gasteiger partial charge on any atom is 0.257 e. The summed E-state index contributed by atoms with van der Waals surface area (Å²) >= 11 is 0. The second kappa shape index (κ2) is 8.68. The van der Waals surface area contributed by atoms with Gasteiger partial charge in [0.15, 0.2) is 0 Å². The van der Waals surface area contributed by atoms with Crippen LogP contribution < -0.4 is 4.74 Å². The van der Waals surface area contributed by atoms with E-state index in [9.17, 15) is 9.90 Å². The number of likely N-dealkylation sites (tertiary alicyclic amines) is 1. The molecular formula is C20H29NO4. The summed E-state index contributed by atoms with van der Waals surface area (Å²) in [6, 6.07) is 7.57. The third-order valence-electron chi connectivity index (χ3n) is 5.50. The van der Waals surface area contributed by atoms with Gasteiger partial charge in [-0.2, -0.15) is 0 Å². The maximum absolute atomic E-state index is 13.2. The molecule has 1 aromatic rings. The number of methoxy groups -OCH3 is 1. The number of rotatable bonds is 6. The third-order valence-corrected chi connectivity index (χ3v) is 5.50. The molecule has 0 bridgehead atoms. The van der Waals surface area contributed by atoms with E-state index in [0.29, 0.717) is 24.5 Å². The molecule has 1 aliphatic heterocycles. The predicted octanol–water partition coefficient (Wildman–Crippen LogP) is 2.87. The second-order valence-corrected chi connectivity index (χ2v) is 7.06. The molecule has 5 nitrogen and oxygen atoms in total. The zero-order valence-corrected chi connectivity index (χ0v) is 15.0. The van der Waals surface area contributed by atoms with Gasteiger partial charge >= 0.3 is 0 Å². The Balaban J connectivity index is 1.75. The lowest BCUT2D eigenvalue weighted by Gasteiger charge is -2.37. The van der Waals surface area contributed by atoms with Gasteiger partial charge in [0.2, 0.25) is 0 Å². The van der Waals surface area contributed by atoms with Crippen molar-refractivity contribution in [3.63, 3.8) is 0 Å². The van der Waals surface area contributed by atoms with E-state index >= 15 is 0 Å². The summed E-state index contributed by atoms with van der Waals surface area (Å²) in [6.07, 6.45) is 5.83. The fourth-order valence-electron chi connectivity index (χ4n) is 4.24. The summed E-state index contributed by atoms with van der Waals surface area (Å²) in [5.74, 6) is 0.842. The Morgan fingerprint density at radius 2 is 1.96 bits per heavy atom. The number of amides is 1. The van der Waals surface area contributed by atoms with Crippen LogP contribution in [0.2, 0.25) is 0 Å². The van der Waals surface area contributed by atoms with Crippen LogP contribution in [0.1, 0.15) is 48.9 Å². The molecule has 1 N–H and O–H groups in total. The number of hydrogen-bond acceptors (Lipinski definition) is 4. The fourth-order valence-corrected chi connectivity index (χ4v) is 4.24. The molecule has 1 heterocycles. The van der Waals surface area contributed by atoms with Crippen molar-refractivity contribution in [2.75, 3.05) is 26.9 Å². The topological polar surface area (TPSA) is 59.0 Å². The van der Waals surface area contributed by atoms with Crippen molar-refractivity contribution in [2.45, 2.75) is 50.7 Å². The first-order valence-corrected chi connectivity index (χ1v) is 9.42. The van der Waals surface area contributed by atoms with Crippen LogP contribution in [0.25, 0.3) is 0 Å². The SMILES string of the molecule is COCCOc1ccccc1C(=O)N1CCC[C@@H]1[C@@H]1CCCC[C@@H]1O. The molecule has 2 fully saturated rings. The molecule has 1 saturated carbocycles. The Kier molecular flexibility index (Phi) is 6.32. The Labute approximate surface area is 149 Å². The molecule has 1 amide bonds. The van der Waals surface area contributed by atoms with Gasteiger partial charge < -0.3 is 19.5 Å². The lowest BCUT2D eigenvalue weighted by atomic mass is 9.80. The predicted molar refractivity (Wildman–Crippen MR) is 95.8 cm³/mol. The van der Waals surface area contributed by atoms with Gasteiger partial charge in [0, 0.05) is 25.6 Å². The van der Waals surface area contributed by atoms with Crippen LogP contribution in [0.5, 0.6) is 5.75 Å². The van der Waals surface area contributed by atoms with E-state index in [2.05, 4.69) is 0 Å². The van der Waals surface area contributed by atoms with Crippen molar-refractivity contribution >= 4 is 5.91 Å². The van der Waals surface area contributed by atoms with Crippen LogP contribution in [0.3, 0.4) is 0 Å². The van der Waals surface area contributed by atoms with E-state index in [1.54, 1.807) is 7.11 Å². The highest BCUT2D eigenvalue weighted by Gasteiger charge is 2.39. The average molecular weight is 347 g/mol. The van der Waals surface area contributed by atoms with Crippen molar-refractivity contribution < 1.29 is 19.4 Å². The van der Waals surface area contributed by atoms with Gasteiger partial charge in [-0.05, 0) is 37.8 Å². The molecule has 0 unspecified atom stereocenters. The molecule has 138 valence electrons. The molecule has 5 heteroatoms. The summed E-state index contributed by atoms with van der Waals surface area (Å²) in [4.78, 5) is 15.2. The normalized spacial score (nSPS) is 26.6. The van der Waals surface area contributed by atoms with E-state index in [0.717, 1.165) is 45.1 Å². The number of ether oxygens (including phenoxy) is 2. The lowest BCUT2D eigenvalue weighted by molar-refractivity contribution is 0.0210. The Morgan fingerprint density at radius 3 is 2.76 bits per heavy atom. The first-order chi connectivity index (χ1) is 12.2. The smallest absolute Gasteiger partial charge is 0.257 e. The van der Waals surface area contributed by atoms with Gasteiger partial charge in [0.05, 0.1) is 18.3 Å². The number of carbonyl (C=O) groups excluding carboxylic acids is 1. The minimum atomic E-state index is -0.277. The van der Waals surface area contributed by atoms with Gasteiger partial charge in [-0.1, -0.05) is 25.0 Å². The van der Waals surface area contributed by atoms with Crippen molar-refractivity contribution in [3.05, 3.63) is 29.8 Å². The van der Waals surface area contributed by atoms with E-state index in [-0.39, 0.29) is 24.0 Å². The highest BCUT2D eigenvalue weighted by Crippen LogP contribution is 2.36. The number of aliphatic hydroxyl groups excluding tert-OH is 1. The van der Waals surface area contributed by atoms with Crippen molar-refractivity contribution in [1.29, 1.82) is 0 Å². The molecule has 25 heavy (non-hydrogen) atoms. The number of para-hydroxylation sites is 1. The van der Waals surface area contributed by atoms with E-state index in [1.807, 2.05) is 29.2 Å². The van der Waals surface area contributed by atoms with Crippen molar-refractivity contribution in [1.82, 2.24) is 4.90 Å². The molecule has 3 atom stereocenters. The Hall–Kier alpha value is -1.59. The zero-order chi connectivity index (χ0) is 17.6. The van der Waals surface area contributed by atoms with Crippen LogP contribution in [0.4, 0.5) is 0 Å². The standard InChI is InChI=1S/C20H29NO4/c1-24-13-14-25-19-11-5-3-8-16(19)20(23)21-12-6-9-17(21)15-7-2-4-10-18(15)22/h3,5,8,11,15,17-18,22H,2,4,6-7,9-10,12-14H2,1H3/t15-,17+,18-/m0/s1. The molecule has 0 spiro atoms. The number of hydrogen-bond donors (Lipinski definition) is 1. The molecule has 1 aliphatic carbocycles. The third kappa shape index (κ3) is 4.15. The number of benzene rings is 1. The molecular weight excluding hydrogens is 318 g/mol. The van der Waals surface area contributed by atoms with Gasteiger partial charge in [-0.15, -0.1) is 0 Å². The largest absolute Gasteiger partial charge is 0.490 e. The van der Waals surface area contributed by atoms with E-state index in [1.165, 1.54) is 0 Å². The minimum absolute atomic E-state index is 0.0216. The van der Waals surface area contributed by atoms with Crippen LogP contribution >= 0.6 is 0 Å². The lowest BCUT2D eigenvalue weighted by Crippen LogP contribution is -2.45. The van der Waals surface area contributed by atoms with Crippen LogP contribution in [0, 0.1) is 5.92 Å². The summed E-state index contributed by atoms with van der Waals surface area (Å²) < 4.78 is 10.8. The first kappa shape index (κ1) is 18.2. The quantitative estimate of drug-likeness (QED) is 0.804. The van der Waals surface area contributed by atoms with Gasteiger partial charge in [0.25, 0.3) is 5.91 Å². The molecule has 0 radical (unpaired) electrons. The Morgan fingerprint density at radius 1 is 1.16 bits per heavy atom. The molecule has 2 aliphatic rings. The zero-order valence-electron chi connectivity index (χ0n) is 15.0. The second-order valence-electron chi connectivity index (χ2n) is 7.06. The van der Waals surface area contributed by atoms with E-state index < -0.39 is 0 Å². The number of aliphatic hydroxyl groups is 1. The van der Waals surface area contributed by atoms with Gasteiger partial charge in [-0.25, -0.2) is 0 Å². The highest BCUT2D eigenvalue weighted by molar-refractivity contribution is 5.97. The summed E-state index contributed by atoms with van der Waals surface area (Å²) in [5, 5.41) is 10.4. The van der Waals surface area contributed by atoms with Crippen LogP contribution in [-0.2, 0) is 4.74 Å². The summed E-state index contributed by atoms with van der Waals surface area (Å²) in [5.41, 5.74) is 0.607. The molecule has 1 aromatic carbocycles. The fraction of sp³-hybridized carbons (Fsp3) is 0.650. The summed E-state index contributed by atoms with van der Waals surface area (Å²) in [6.45, 7) is 1.67. The number of carbonyl (C=O) groups is 1. The van der Waals surface area contributed by atoms with Crippen LogP contribution in [-0.4, -0.2) is 54.9 Å². The molecule has 3 rings (SSSR count). The van der Waals surface area contributed by atoms with E-state index in [4.69, 9.17) is 9.47 Å². The Bertz CT molecular complexity index is 577. The minimum Gasteiger partial charge on any atom is -0.490 e. The number of nitrogens with zero attached hydrogens (tertiary/aromatic N) is 1. The summed E-state index contributed by atoms with van der Waals surface area (Å²) in [7, 11) is 1.63. The van der Waals surface area contributed by atoms with Crippen molar-refractivity contribution in [2.24, 2.45) is 5.92 Å². The van der Waals surface area contributed by atoms with Gasteiger partial charge in [-0.3, -0.25) is 4.79 Å². The first-order valence-electron chi connectivity index (χ1n) is 9.42. The molecule has 0 aromatic heterocycles. The maximum atomic E-state index is 13.2. The molecule has 1 saturated heterocycles. The highest BCUT2D eigenvalue weighted by atomic mass is 16.5. The van der Waals surface area contributed by atoms with Gasteiger partial charge in [0.1, 0.15) is 12.4 Å². The monoisotopic (exact) mass is 347 g/mol. The average Bonchev–Trinajstić information content (AvgIpc) is 3.12.